The Hall–Kier alpha value is -0.690. The van der Waals surface area contributed by atoms with Crippen molar-refractivity contribution in [2.45, 2.75) is 25.7 Å². The molecule has 1 saturated carbocycles. The van der Waals surface area contributed by atoms with Gasteiger partial charge >= 0.3 is 0 Å². The van der Waals surface area contributed by atoms with Crippen molar-refractivity contribution in [1.29, 1.82) is 0 Å². The summed E-state index contributed by atoms with van der Waals surface area (Å²) in [6.07, 6.45) is 2.28. The molecule has 0 aliphatic heterocycles. The SMILES string of the molecule is Cc1ccc(-c2nc(C3CC3)c(I)c(=O)[nH]2)c(Br)c1. The molecule has 2 aromatic rings. The van der Waals surface area contributed by atoms with Gasteiger partial charge in [-0.3, -0.25) is 4.79 Å². The lowest BCUT2D eigenvalue weighted by atomic mass is 10.1. The van der Waals surface area contributed by atoms with Crippen molar-refractivity contribution < 1.29 is 0 Å². The third kappa shape index (κ3) is 2.63. The average Bonchev–Trinajstić information content (AvgIpc) is 3.17. The molecular weight excluding hydrogens is 419 g/mol. The fraction of sp³-hybridized carbons (Fsp3) is 0.286. The van der Waals surface area contributed by atoms with Gasteiger partial charge < -0.3 is 4.98 Å². The van der Waals surface area contributed by atoms with E-state index < -0.39 is 0 Å². The highest BCUT2D eigenvalue weighted by molar-refractivity contribution is 14.1. The smallest absolute Gasteiger partial charge is 0.264 e. The monoisotopic (exact) mass is 430 g/mol. The van der Waals surface area contributed by atoms with Gasteiger partial charge in [0.1, 0.15) is 5.82 Å². The Kier molecular flexibility index (Phi) is 3.51. The number of aromatic amines is 1. The van der Waals surface area contributed by atoms with E-state index in [1.54, 1.807) is 0 Å². The lowest BCUT2D eigenvalue weighted by molar-refractivity contribution is 0.957. The molecule has 0 spiro atoms. The average molecular weight is 431 g/mol. The Morgan fingerprint density at radius 2 is 2.16 bits per heavy atom. The Labute approximate surface area is 133 Å². The number of nitrogens with zero attached hydrogens (tertiary/aromatic N) is 1. The van der Waals surface area contributed by atoms with Gasteiger partial charge in [0.2, 0.25) is 0 Å². The zero-order chi connectivity index (χ0) is 13.6. The third-order valence-corrected chi connectivity index (χ3v) is 4.93. The molecule has 0 saturated heterocycles. The summed E-state index contributed by atoms with van der Waals surface area (Å²) >= 11 is 5.63. The second kappa shape index (κ2) is 5.01. The van der Waals surface area contributed by atoms with Crippen LogP contribution in [0.15, 0.2) is 27.5 Å². The quantitative estimate of drug-likeness (QED) is 0.732. The molecule has 1 aliphatic carbocycles. The van der Waals surface area contributed by atoms with E-state index >= 15 is 0 Å². The Bertz CT molecular complexity index is 707. The fourth-order valence-electron chi connectivity index (χ4n) is 2.04. The van der Waals surface area contributed by atoms with E-state index in [1.807, 2.05) is 25.1 Å². The van der Waals surface area contributed by atoms with Crippen molar-refractivity contribution in [3.05, 3.63) is 47.9 Å². The van der Waals surface area contributed by atoms with Gasteiger partial charge in [0.25, 0.3) is 5.56 Å². The second-order valence-corrected chi connectivity index (χ2v) is 6.80. The molecule has 19 heavy (non-hydrogen) atoms. The molecule has 5 heteroatoms. The predicted octanol–water partition coefficient (Wildman–Crippen LogP) is 3.99. The van der Waals surface area contributed by atoms with E-state index in [9.17, 15) is 4.79 Å². The molecule has 0 bridgehead atoms. The summed E-state index contributed by atoms with van der Waals surface area (Å²) in [6, 6.07) is 6.04. The fourth-order valence-corrected chi connectivity index (χ4v) is 3.42. The number of aryl methyl sites for hydroxylation is 1. The van der Waals surface area contributed by atoms with Gasteiger partial charge in [0.05, 0.1) is 9.26 Å². The number of benzene rings is 1. The van der Waals surface area contributed by atoms with Crippen LogP contribution in [-0.4, -0.2) is 9.97 Å². The summed E-state index contributed by atoms with van der Waals surface area (Å²) in [5, 5.41) is 0. The van der Waals surface area contributed by atoms with Gasteiger partial charge in [0.15, 0.2) is 0 Å². The summed E-state index contributed by atoms with van der Waals surface area (Å²) in [4.78, 5) is 19.6. The molecule has 0 amide bonds. The minimum atomic E-state index is -0.0417. The molecule has 1 N–H and O–H groups in total. The van der Waals surface area contributed by atoms with Crippen LogP contribution < -0.4 is 5.56 Å². The molecule has 3 nitrogen and oxygen atoms in total. The van der Waals surface area contributed by atoms with Gasteiger partial charge in [-0.15, -0.1) is 0 Å². The Morgan fingerprint density at radius 1 is 1.42 bits per heavy atom. The Morgan fingerprint density at radius 3 is 2.79 bits per heavy atom. The molecule has 3 rings (SSSR count). The van der Waals surface area contributed by atoms with Crippen LogP contribution in [0.5, 0.6) is 0 Å². The maximum atomic E-state index is 12.0. The van der Waals surface area contributed by atoms with Crippen LogP contribution in [0.2, 0.25) is 0 Å². The molecular formula is C14H12BrIN2O. The van der Waals surface area contributed by atoms with Crippen LogP contribution in [0.25, 0.3) is 11.4 Å². The maximum absolute atomic E-state index is 12.0. The predicted molar refractivity (Wildman–Crippen MR) is 87.4 cm³/mol. The van der Waals surface area contributed by atoms with Crippen molar-refractivity contribution in [2.75, 3.05) is 0 Å². The van der Waals surface area contributed by atoms with Crippen LogP contribution in [-0.2, 0) is 0 Å². The largest absolute Gasteiger partial charge is 0.306 e. The van der Waals surface area contributed by atoms with E-state index in [2.05, 4.69) is 48.5 Å². The van der Waals surface area contributed by atoms with Crippen molar-refractivity contribution in [2.24, 2.45) is 0 Å². The topological polar surface area (TPSA) is 45.8 Å². The van der Waals surface area contributed by atoms with Gasteiger partial charge in [-0.1, -0.05) is 22.0 Å². The van der Waals surface area contributed by atoms with Crippen molar-refractivity contribution >= 4 is 38.5 Å². The van der Waals surface area contributed by atoms with Crippen molar-refractivity contribution in [3.8, 4) is 11.4 Å². The summed E-state index contributed by atoms with van der Waals surface area (Å²) in [7, 11) is 0. The standard InChI is InChI=1S/C14H12BrIN2O/c1-7-2-5-9(10(15)6-7)13-17-12(8-3-4-8)11(16)14(19)18-13/h2,5-6,8H,3-4H2,1H3,(H,17,18,19). The minimum Gasteiger partial charge on any atom is -0.306 e. The van der Waals surface area contributed by atoms with Gasteiger partial charge in [0, 0.05) is 16.0 Å². The van der Waals surface area contributed by atoms with Gasteiger partial charge in [-0.05, 0) is 60.1 Å². The Balaban J connectivity index is 2.17. The first kappa shape index (κ1) is 13.3. The number of hydrogen-bond donors (Lipinski definition) is 1. The third-order valence-electron chi connectivity index (χ3n) is 3.23. The van der Waals surface area contributed by atoms with E-state index in [1.165, 1.54) is 5.56 Å². The molecule has 1 heterocycles. The summed E-state index contributed by atoms with van der Waals surface area (Å²) in [6.45, 7) is 2.04. The van der Waals surface area contributed by atoms with Crippen LogP contribution in [0.3, 0.4) is 0 Å². The zero-order valence-corrected chi connectivity index (χ0v) is 14.1. The van der Waals surface area contributed by atoms with Gasteiger partial charge in [-0.25, -0.2) is 4.98 Å². The van der Waals surface area contributed by atoms with Crippen LogP contribution in [0.4, 0.5) is 0 Å². The number of halogens is 2. The van der Waals surface area contributed by atoms with E-state index in [0.29, 0.717) is 11.7 Å². The first-order chi connectivity index (χ1) is 9.06. The normalized spacial score (nSPS) is 14.7. The number of nitrogens with one attached hydrogen (secondary N) is 1. The lowest BCUT2D eigenvalue weighted by Gasteiger charge is -2.08. The lowest BCUT2D eigenvalue weighted by Crippen LogP contribution is -2.16. The summed E-state index contributed by atoms with van der Waals surface area (Å²) < 4.78 is 1.69. The molecule has 0 radical (unpaired) electrons. The van der Waals surface area contributed by atoms with Crippen LogP contribution in [0.1, 0.15) is 30.0 Å². The van der Waals surface area contributed by atoms with E-state index in [4.69, 9.17) is 0 Å². The molecule has 1 aromatic heterocycles. The highest BCUT2D eigenvalue weighted by Gasteiger charge is 2.29. The number of H-pyrrole nitrogens is 1. The first-order valence-electron chi connectivity index (χ1n) is 6.12. The number of rotatable bonds is 2. The summed E-state index contributed by atoms with van der Waals surface area (Å²) in [5.41, 5.74) is 3.01. The van der Waals surface area contributed by atoms with Crippen molar-refractivity contribution in [1.82, 2.24) is 9.97 Å². The second-order valence-electron chi connectivity index (χ2n) is 4.87. The van der Waals surface area contributed by atoms with E-state index in [-0.39, 0.29) is 5.56 Å². The molecule has 98 valence electrons. The van der Waals surface area contributed by atoms with Crippen molar-refractivity contribution in [3.63, 3.8) is 0 Å². The summed E-state index contributed by atoms with van der Waals surface area (Å²) in [5.74, 6) is 1.12. The minimum absolute atomic E-state index is 0.0417. The highest BCUT2D eigenvalue weighted by Crippen LogP contribution is 2.40. The number of hydrogen-bond acceptors (Lipinski definition) is 2. The van der Waals surface area contributed by atoms with Gasteiger partial charge in [-0.2, -0.15) is 0 Å². The number of aromatic nitrogens is 2. The highest BCUT2D eigenvalue weighted by atomic mass is 127. The van der Waals surface area contributed by atoms with Crippen LogP contribution >= 0.6 is 38.5 Å². The van der Waals surface area contributed by atoms with E-state index in [0.717, 1.165) is 32.1 Å². The van der Waals surface area contributed by atoms with Crippen LogP contribution in [0, 0.1) is 10.5 Å². The zero-order valence-electron chi connectivity index (χ0n) is 10.3. The maximum Gasteiger partial charge on any atom is 0.264 e. The molecule has 0 atom stereocenters. The molecule has 1 aliphatic rings. The molecule has 0 unspecified atom stereocenters. The molecule has 1 fully saturated rings. The first-order valence-corrected chi connectivity index (χ1v) is 7.99. The molecule has 1 aromatic carbocycles.